The van der Waals surface area contributed by atoms with Crippen molar-refractivity contribution in [3.8, 4) is 11.5 Å². The van der Waals surface area contributed by atoms with Gasteiger partial charge in [-0.3, -0.25) is 34.1 Å². The molecule has 7 rings (SSSR count). The molecule has 0 fully saturated rings. The van der Waals surface area contributed by atoms with Crippen LogP contribution in [-0.2, 0) is 15.1 Å². The van der Waals surface area contributed by atoms with Crippen LogP contribution in [0.1, 0.15) is 78.4 Å². The maximum atomic E-state index is 14.5. The number of amides is 5. The maximum absolute atomic E-state index is 14.5. The van der Waals surface area contributed by atoms with E-state index in [1.54, 1.807) is 13.8 Å². The Hall–Kier alpha value is -9.90. The van der Waals surface area contributed by atoms with Gasteiger partial charge in [-0.15, -0.1) is 0 Å². The highest BCUT2D eigenvalue weighted by Gasteiger charge is 2.39. The number of non-ortho nitro benzene ring substituents is 1. The molecule has 0 bridgehead atoms. The van der Waals surface area contributed by atoms with Crippen molar-refractivity contribution < 1.29 is 48.3 Å². The smallest absolute Gasteiger partial charge is 0.335 e. The number of carboxylic acid groups (broad SMARTS) is 1. The van der Waals surface area contributed by atoms with Crippen LogP contribution in [0, 0.1) is 10.1 Å². The van der Waals surface area contributed by atoms with E-state index >= 15 is 0 Å². The van der Waals surface area contributed by atoms with Crippen LogP contribution in [0.25, 0.3) is 0 Å². The van der Waals surface area contributed by atoms with Gasteiger partial charge in [-0.1, -0.05) is 104 Å². The molecule has 0 aliphatic heterocycles. The highest BCUT2D eigenvalue weighted by Crippen LogP contribution is 2.41. The van der Waals surface area contributed by atoms with Gasteiger partial charge in [0.2, 0.25) is 11.8 Å². The molecule has 0 aliphatic rings. The molecular weight excluding hydrogens is 945 g/mol. The summed E-state index contributed by atoms with van der Waals surface area (Å²) in [4.78, 5) is 92.1. The number of nitrogens with zero attached hydrogens (tertiary/aromatic N) is 1. The van der Waals surface area contributed by atoms with E-state index in [2.05, 4.69) is 33.2 Å². The summed E-state index contributed by atoms with van der Waals surface area (Å²) in [5, 5.41) is 34.7. The fourth-order valence-electron chi connectivity index (χ4n) is 7.91. The first-order valence-electron chi connectivity index (χ1n) is 23.1. The van der Waals surface area contributed by atoms with Crippen molar-refractivity contribution in [2.75, 3.05) is 22.6 Å². The van der Waals surface area contributed by atoms with E-state index < -0.39 is 64.5 Å². The Morgan fingerprint density at radius 2 is 1.12 bits per heavy atom. The van der Waals surface area contributed by atoms with Gasteiger partial charge >= 0.3 is 5.97 Å². The number of rotatable bonds is 21. The second-order valence-electron chi connectivity index (χ2n) is 16.9. The molecule has 7 aromatic rings. The summed E-state index contributed by atoms with van der Waals surface area (Å²) in [7, 11) is 0. The number of anilines is 3. The van der Waals surface area contributed by atoms with Crippen molar-refractivity contribution in [3.63, 3.8) is 0 Å². The number of carbonyl (C=O) groups excluding carboxylic acids is 5. The molecule has 1 atom stereocenters. The van der Waals surface area contributed by atoms with E-state index in [9.17, 15) is 44.0 Å². The summed E-state index contributed by atoms with van der Waals surface area (Å²) in [6.45, 7) is 7.16. The van der Waals surface area contributed by atoms with Gasteiger partial charge in [-0.25, -0.2) is 4.79 Å². The van der Waals surface area contributed by atoms with E-state index in [1.165, 1.54) is 78.9 Å². The van der Waals surface area contributed by atoms with E-state index in [4.69, 9.17) is 9.47 Å². The second-order valence-corrected chi connectivity index (χ2v) is 16.9. The number of nitrogens with one attached hydrogen (secondary N) is 5. The summed E-state index contributed by atoms with van der Waals surface area (Å²) in [5.41, 5.74) is 1.56. The molecule has 5 amide bonds. The van der Waals surface area contributed by atoms with Crippen LogP contribution in [0.5, 0.6) is 11.5 Å². The van der Waals surface area contributed by atoms with Crippen molar-refractivity contribution in [2.24, 2.45) is 0 Å². The molecule has 0 radical (unpaired) electrons. The molecular formula is C57H50N6O11. The molecule has 0 heterocycles. The summed E-state index contributed by atoms with van der Waals surface area (Å²) < 4.78 is 12.1. The van der Waals surface area contributed by atoms with E-state index in [1.807, 2.05) is 91.0 Å². The standard InChI is InChI=1S/C57H50N6O11/c1-4-34-73-50-46(54(67)58-43-28-22-39(23-29-43)56(69)70)32-33-47(51(50)74-36(2)3)60-52(65)37-20-26-44(27-21-37)59-55(68)48(61-53(66)38-24-30-45(31-25-38)63(71)72)35-49(64)62-57(40-14-8-5-9-15-40,41-16-10-6-11-17-41)42-18-12-7-13-19-42/h4-33,36,48H,1,34-35H2,2-3H3,(H,58,67)(H,59,68)(H,60,65)(H,61,66)(H,62,64)(H,69,70). The third-order valence-corrected chi connectivity index (χ3v) is 11.4. The van der Waals surface area contributed by atoms with E-state index in [0.717, 1.165) is 28.8 Å². The molecule has 0 saturated heterocycles. The average molecular weight is 995 g/mol. The summed E-state index contributed by atoms with van der Waals surface area (Å²) in [6.07, 6.45) is 0.461. The Kier molecular flexibility index (Phi) is 16.7. The predicted molar refractivity (Wildman–Crippen MR) is 279 cm³/mol. The number of hydrogen-bond acceptors (Lipinski definition) is 10. The lowest BCUT2D eigenvalue weighted by molar-refractivity contribution is -0.384. The van der Waals surface area contributed by atoms with Gasteiger partial charge in [-0.2, -0.15) is 0 Å². The molecule has 0 saturated carbocycles. The Morgan fingerprint density at radius 3 is 1.62 bits per heavy atom. The van der Waals surface area contributed by atoms with E-state index in [-0.39, 0.29) is 57.4 Å². The largest absolute Gasteiger partial charge is 0.485 e. The number of carboxylic acids is 1. The van der Waals surface area contributed by atoms with Crippen LogP contribution in [0.15, 0.2) is 189 Å². The Labute approximate surface area is 425 Å². The van der Waals surface area contributed by atoms with Crippen LogP contribution < -0.4 is 36.1 Å². The summed E-state index contributed by atoms with van der Waals surface area (Å²) in [5.74, 6) is -4.47. The molecule has 17 nitrogen and oxygen atoms in total. The fraction of sp³-hybridized carbons (Fsp3) is 0.123. The average Bonchev–Trinajstić information content (AvgIpc) is 3.41. The van der Waals surface area contributed by atoms with Crippen LogP contribution in [0.4, 0.5) is 22.7 Å². The lowest BCUT2D eigenvalue weighted by Gasteiger charge is -2.37. The third-order valence-electron chi connectivity index (χ3n) is 11.4. The highest BCUT2D eigenvalue weighted by molar-refractivity contribution is 6.10. The number of nitro groups is 1. The van der Waals surface area contributed by atoms with Gasteiger partial charge in [0.1, 0.15) is 18.2 Å². The van der Waals surface area contributed by atoms with Crippen molar-refractivity contribution in [2.45, 2.75) is 38.0 Å². The predicted octanol–water partition coefficient (Wildman–Crippen LogP) is 9.39. The van der Waals surface area contributed by atoms with Gasteiger partial charge < -0.3 is 41.2 Å². The Bertz CT molecular complexity index is 3070. The molecule has 374 valence electrons. The number of aromatic carboxylic acids is 1. The van der Waals surface area contributed by atoms with Gasteiger partial charge in [-0.05, 0) is 103 Å². The molecule has 0 aliphatic carbocycles. The number of benzene rings is 7. The topological polar surface area (TPSA) is 244 Å². The SMILES string of the molecule is C=CCOc1c(C(=O)Nc2ccc(C(=O)O)cc2)ccc(NC(=O)c2ccc(NC(=O)C(CC(=O)NC(c3ccccc3)(c3ccccc3)c3ccccc3)NC(=O)c3ccc([N+](=O)[O-])cc3)cc2)c1OC(C)C. The van der Waals surface area contributed by atoms with Gasteiger partial charge in [0.05, 0.1) is 34.3 Å². The fourth-order valence-corrected chi connectivity index (χ4v) is 7.91. The molecule has 0 spiro atoms. The Morgan fingerprint density at radius 1 is 0.622 bits per heavy atom. The molecule has 17 heteroatoms. The van der Waals surface area contributed by atoms with Crippen LogP contribution in [-0.4, -0.2) is 64.3 Å². The van der Waals surface area contributed by atoms with Crippen LogP contribution in [0.3, 0.4) is 0 Å². The molecule has 1 unspecified atom stereocenters. The summed E-state index contributed by atoms with van der Waals surface area (Å²) >= 11 is 0. The van der Waals surface area contributed by atoms with Crippen molar-refractivity contribution >= 4 is 58.3 Å². The minimum atomic E-state index is -1.50. The van der Waals surface area contributed by atoms with Gasteiger partial charge in [0.15, 0.2) is 11.5 Å². The number of nitro benzene ring substituents is 1. The lowest BCUT2D eigenvalue weighted by atomic mass is 9.77. The van der Waals surface area contributed by atoms with Gasteiger partial charge in [0, 0.05) is 34.6 Å². The zero-order valence-corrected chi connectivity index (χ0v) is 40.1. The first-order chi connectivity index (χ1) is 35.7. The highest BCUT2D eigenvalue weighted by atomic mass is 16.6. The molecule has 74 heavy (non-hydrogen) atoms. The second kappa shape index (κ2) is 23.8. The van der Waals surface area contributed by atoms with Crippen LogP contribution >= 0.6 is 0 Å². The monoisotopic (exact) mass is 994 g/mol. The lowest BCUT2D eigenvalue weighted by Crippen LogP contribution is -2.52. The van der Waals surface area contributed by atoms with Crippen molar-refractivity contribution in [3.05, 3.63) is 238 Å². The van der Waals surface area contributed by atoms with Gasteiger partial charge in [0.25, 0.3) is 23.4 Å². The minimum Gasteiger partial charge on any atom is -0.485 e. The molecule has 0 aromatic heterocycles. The maximum Gasteiger partial charge on any atom is 0.335 e. The number of carbonyl (C=O) groups is 6. The first-order valence-corrected chi connectivity index (χ1v) is 23.1. The van der Waals surface area contributed by atoms with E-state index in [0.29, 0.717) is 5.69 Å². The van der Waals surface area contributed by atoms with Crippen molar-refractivity contribution in [1.29, 1.82) is 0 Å². The summed E-state index contributed by atoms with van der Waals surface area (Å²) in [6, 6.07) is 45.5. The number of hydrogen-bond donors (Lipinski definition) is 6. The third kappa shape index (κ3) is 12.5. The molecule has 7 aromatic carbocycles. The Balaban J connectivity index is 1.14. The quantitative estimate of drug-likeness (QED) is 0.0171. The zero-order valence-electron chi connectivity index (χ0n) is 40.1. The van der Waals surface area contributed by atoms with Crippen molar-refractivity contribution in [1.82, 2.24) is 10.6 Å². The normalized spacial score (nSPS) is 11.3. The minimum absolute atomic E-state index is 0.000395. The zero-order chi connectivity index (χ0) is 52.8. The molecule has 6 N–H and O–H groups in total. The first kappa shape index (κ1) is 51.9. The van der Waals surface area contributed by atoms with Crippen LogP contribution in [0.2, 0.25) is 0 Å². The number of ether oxygens (including phenoxy) is 2.